The average molecular weight is 248 g/mol. The molecule has 0 aromatic carbocycles. The van der Waals surface area contributed by atoms with Crippen molar-refractivity contribution in [1.82, 2.24) is 0 Å². The van der Waals surface area contributed by atoms with Gasteiger partial charge in [0.25, 0.3) is 0 Å². The molecule has 0 aliphatic carbocycles. The topological polar surface area (TPSA) is 83.8 Å². The summed E-state index contributed by atoms with van der Waals surface area (Å²) in [6.45, 7) is 0. The van der Waals surface area contributed by atoms with Gasteiger partial charge in [0, 0.05) is 5.15 Å². The van der Waals surface area contributed by atoms with E-state index in [2.05, 4.69) is 0 Å². The normalized spacial score (nSPS) is 9.50. The van der Waals surface area contributed by atoms with Crippen molar-refractivity contribution in [2.75, 3.05) is 0 Å². The Morgan fingerprint density at radius 3 is 1.25 bits per heavy atom. The minimum atomic E-state index is -5.52. The van der Waals surface area contributed by atoms with E-state index in [0.29, 0.717) is 0 Å². The summed E-state index contributed by atoms with van der Waals surface area (Å²) < 4.78 is 50.3. The molecule has 0 aliphatic heterocycles. The second kappa shape index (κ2) is 5.27. The standard InChI is InChI=1S/F2O.H2O4Te/c1-3-2;1-5(2,3)4/h;(H2,1,2,3,4). The van der Waals surface area contributed by atoms with E-state index in [9.17, 15) is 0 Å². The van der Waals surface area contributed by atoms with E-state index in [-0.39, 0.29) is 0 Å². The molecule has 0 heterocycles. The molecule has 52 valence electrons. The Morgan fingerprint density at radius 2 is 1.25 bits per heavy atom. The van der Waals surface area contributed by atoms with Gasteiger partial charge in [-0.1, -0.05) is 0 Å². The molecule has 0 rings (SSSR count). The Morgan fingerprint density at radius 1 is 1.25 bits per heavy atom. The van der Waals surface area contributed by atoms with Gasteiger partial charge >= 0.3 is 32.1 Å². The van der Waals surface area contributed by atoms with Gasteiger partial charge in [0.05, 0.1) is 0 Å². The van der Waals surface area contributed by atoms with E-state index in [1.165, 1.54) is 5.15 Å². The van der Waals surface area contributed by atoms with Crippen molar-refractivity contribution >= 4 is 19.0 Å². The molecule has 0 radical (unpaired) electrons. The third-order valence-electron chi connectivity index (χ3n) is 0. The number of halogens is 2. The van der Waals surface area contributed by atoms with Crippen LogP contribution in [0, 0.1) is 0 Å². The van der Waals surface area contributed by atoms with Crippen molar-refractivity contribution in [3.63, 3.8) is 0 Å². The van der Waals surface area contributed by atoms with Gasteiger partial charge in [0.1, 0.15) is 0 Å². The van der Waals surface area contributed by atoms with Crippen LogP contribution in [0.25, 0.3) is 0 Å². The first-order chi connectivity index (χ1) is 3.41. The first-order valence-electron chi connectivity index (χ1n) is 1.01. The van der Waals surface area contributed by atoms with Gasteiger partial charge in [-0.2, -0.15) is 0 Å². The molecule has 8 heteroatoms. The molecule has 8 heavy (non-hydrogen) atoms. The summed E-state index contributed by atoms with van der Waals surface area (Å²) in [5.41, 5.74) is 0. The molecule has 0 spiro atoms. The molecule has 0 saturated carbocycles. The second-order valence-corrected chi connectivity index (χ2v) is 3.06. The minimum absolute atomic E-state index is 1.25. The van der Waals surface area contributed by atoms with Crippen molar-refractivity contribution < 1.29 is 27.3 Å². The Labute approximate surface area is 46.9 Å². The van der Waals surface area contributed by atoms with Gasteiger partial charge in [-0.3, -0.25) is 0 Å². The molecule has 0 atom stereocenters. The van der Waals surface area contributed by atoms with Crippen LogP contribution in [0.5, 0.6) is 0 Å². The molecule has 0 fully saturated rings. The van der Waals surface area contributed by atoms with Gasteiger partial charge in [-0.15, -0.1) is 0 Å². The molecule has 0 saturated heterocycles. The first kappa shape index (κ1) is 11.0. The van der Waals surface area contributed by atoms with Gasteiger partial charge in [0.15, 0.2) is 0 Å². The van der Waals surface area contributed by atoms with Crippen molar-refractivity contribution in [2.24, 2.45) is 0 Å². The predicted molar refractivity (Wildman–Crippen MR) is 14.9 cm³/mol. The van der Waals surface area contributed by atoms with Crippen LogP contribution in [0.4, 0.5) is 9.05 Å². The maximum atomic E-state index is 9.12. The summed E-state index contributed by atoms with van der Waals surface area (Å²) in [4.78, 5) is 0. The zero-order chi connectivity index (χ0) is 7.21. The summed E-state index contributed by atoms with van der Waals surface area (Å²) >= 11 is -5.52. The molecular weight excluding hydrogens is 246 g/mol. The molecule has 0 bridgehead atoms. The third kappa shape index (κ3) is 9600. The molecule has 2 N–H and O–H groups in total. The number of rotatable bonds is 0. The number of hydrogen-bond donors (Lipinski definition) is 2. The SMILES string of the molecule is FOF.O=[Te](=O)(O)O. The van der Waals surface area contributed by atoms with Gasteiger partial charge < -0.3 is 0 Å². The first-order valence-corrected chi connectivity index (χ1v) is 4.99. The van der Waals surface area contributed by atoms with E-state index >= 15 is 0 Å². The Kier molecular flexibility index (Phi) is 7.25. The van der Waals surface area contributed by atoms with Crippen molar-refractivity contribution in [3.05, 3.63) is 0 Å². The summed E-state index contributed by atoms with van der Waals surface area (Å²) in [6, 6.07) is 0. The zero-order valence-corrected chi connectivity index (χ0v) is 5.61. The Balaban J connectivity index is 0. The predicted octanol–water partition coefficient (Wildman–Crippen LogP) is -0.960. The molecule has 5 nitrogen and oxygen atoms in total. The van der Waals surface area contributed by atoms with Crippen LogP contribution in [0.15, 0.2) is 0 Å². The van der Waals surface area contributed by atoms with E-state index in [0.717, 1.165) is 0 Å². The van der Waals surface area contributed by atoms with Crippen LogP contribution in [0.3, 0.4) is 0 Å². The third-order valence-corrected chi connectivity index (χ3v) is 0. The van der Waals surface area contributed by atoms with E-state index in [1.807, 2.05) is 0 Å². The fourth-order valence-corrected chi connectivity index (χ4v) is 0. The molecular formula is H2F2O5Te. The van der Waals surface area contributed by atoms with Crippen LogP contribution >= 0.6 is 0 Å². The number of hydrogen-bond acceptors (Lipinski definition) is 3. The summed E-state index contributed by atoms with van der Waals surface area (Å²) in [5.74, 6) is 0. The van der Waals surface area contributed by atoms with Crippen LogP contribution in [0.1, 0.15) is 0 Å². The maximum absolute atomic E-state index is 9.12. The molecule has 0 aromatic heterocycles. The van der Waals surface area contributed by atoms with Gasteiger partial charge in [-0.05, 0) is 9.05 Å². The van der Waals surface area contributed by atoms with Gasteiger partial charge in [-0.25, -0.2) is 0 Å². The molecule has 0 aliphatic rings. The Hall–Kier alpha value is 0.130. The monoisotopic (exact) mass is 250 g/mol. The van der Waals surface area contributed by atoms with Crippen molar-refractivity contribution in [1.29, 1.82) is 0 Å². The summed E-state index contributed by atoms with van der Waals surface area (Å²) in [7, 11) is 0. The van der Waals surface area contributed by atoms with Crippen molar-refractivity contribution in [3.8, 4) is 0 Å². The van der Waals surface area contributed by atoms with Crippen LogP contribution in [-0.4, -0.2) is 25.9 Å². The Bertz CT molecular complexity index is 104. The zero-order valence-electron chi connectivity index (χ0n) is 3.28. The fraction of sp³-hybridized carbons (Fsp3) is 0. The molecule has 0 aromatic rings. The summed E-state index contributed by atoms with van der Waals surface area (Å²) in [6.07, 6.45) is 0. The quantitative estimate of drug-likeness (QED) is 0.539. The van der Waals surface area contributed by atoms with Crippen LogP contribution in [0.2, 0.25) is 0 Å². The molecule has 0 amide bonds. The van der Waals surface area contributed by atoms with E-state index in [1.54, 1.807) is 0 Å². The van der Waals surface area contributed by atoms with E-state index in [4.69, 9.17) is 22.2 Å². The van der Waals surface area contributed by atoms with Gasteiger partial charge in [0.2, 0.25) is 0 Å². The van der Waals surface area contributed by atoms with Crippen molar-refractivity contribution in [2.45, 2.75) is 0 Å². The summed E-state index contributed by atoms with van der Waals surface area (Å²) in [5, 5.41) is 1.25. The fourth-order valence-electron chi connectivity index (χ4n) is 0. The van der Waals surface area contributed by atoms with E-state index < -0.39 is 19.0 Å². The molecule has 0 unspecified atom stereocenters. The van der Waals surface area contributed by atoms with Crippen LogP contribution in [-0.2, 0) is 11.4 Å². The average Bonchev–Trinajstić information content (AvgIpc) is 1.27. The second-order valence-electron chi connectivity index (χ2n) is 0.506. The van der Waals surface area contributed by atoms with Crippen LogP contribution < -0.4 is 0 Å².